The molecule has 4 rings (SSSR count). The predicted octanol–water partition coefficient (Wildman–Crippen LogP) is 4.94. The van der Waals surface area contributed by atoms with Gasteiger partial charge in [0, 0.05) is 29.5 Å². The number of hydrogen-bond acceptors (Lipinski definition) is 5. The van der Waals surface area contributed by atoms with Crippen LogP contribution in [0.3, 0.4) is 0 Å². The van der Waals surface area contributed by atoms with Crippen molar-refractivity contribution < 1.29 is 35.2 Å². The topological polar surface area (TPSA) is 105 Å². The Labute approximate surface area is 192 Å². The number of alkyl halides is 3. The first-order valence-corrected chi connectivity index (χ1v) is 11.0. The van der Waals surface area contributed by atoms with Crippen LogP contribution in [0.15, 0.2) is 53.8 Å². The summed E-state index contributed by atoms with van der Waals surface area (Å²) < 4.78 is 94.4. The standard InChI is InChI=1S/C20H10ClF5N4O3S/c21-9-5-11-12(8-29-19(11)28-6-9)18(31)16-13(22)2-3-14(17(16)23)30-34(32,33)10-1-4-15(27-7-10)20(24,25)26/h1-8,30H,(H,28,29). The highest BCUT2D eigenvalue weighted by Crippen LogP contribution is 2.30. The number of nitrogens with one attached hydrogen (secondary N) is 2. The number of hydrogen-bond donors (Lipinski definition) is 2. The molecule has 4 aromatic rings. The molecule has 0 aliphatic rings. The first-order valence-electron chi connectivity index (χ1n) is 9.10. The van der Waals surface area contributed by atoms with Gasteiger partial charge in [0.25, 0.3) is 10.0 Å². The van der Waals surface area contributed by atoms with E-state index in [4.69, 9.17) is 11.6 Å². The third-order valence-corrected chi connectivity index (χ3v) is 6.20. The molecule has 2 N–H and O–H groups in total. The van der Waals surface area contributed by atoms with Crippen molar-refractivity contribution in [2.45, 2.75) is 11.1 Å². The van der Waals surface area contributed by atoms with Gasteiger partial charge in [0.05, 0.1) is 16.3 Å². The predicted molar refractivity (Wildman–Crippen MR) is 111 cm³/mol. The minimum atomic E-state index is -4.80. The smallest absolute Gasteiger partial charge is 0.345 e. The third-order valence-electron chi connectivity index (χ3n) is 4.64. The molecule has 0 bridgehead atoms. The maximum atomic E-state index is 15.1. The Morgan fingerprint density at radius 1 is 1.06 bits per heavy atom. The van der Waals surface area contributed by atoms with Crippen molar-refractivity contribution in [3.63, 3.8) is 0 Å². The summed E-state index contributed by atoms with van der Waals surface area (Å²) in [4.78, 5) is 21.9. The van der Waals surface area contributed by atoms with E-state index in [0.29, 0.717) is 24.4 Å². The molecule has 176 valence electrons. The van der Waals surface area contributed by atoms with Crippen LogP contribution in [-0.2, 0) is 16.2 Å². The van der Waals surface area contributed by atoms with Crippen LogP contribution in [0, 0.1) is 11.6 Å². The van der Waals surface area contributed by atoms with E-state index in [1.54, 1.807) is 4.72 Å². The highest BCUT2D eigenvalue weighted by atomic mass is 35.5. The van der Waals surface area contributed by atoms with Gasteiger partial charge in [0.15, 0.2) is 5.82 Å². The van der Waals surface area contributed by atoms with E-state index < -0.39 is 55.5 Å². The van der Waals surface area contributed by atoms with Crippen molar-refractivity contribution in [2.75, 3.05) is 4.72 Å². The summed E-state index contributed by atoms with van der Waals surface area (Å²) in [5.41, 5.74) is -3.15. The Bertz CT molecular complexity index is 1540. The molecule has 7 nitrogen and oxygen atoms in total. The number of sulfonamides is 1. The summed E-state index contributed by atoms with van der Waals surface area (Å²) in [7, 11) is -4.63. The van der Waals surface area contributed by atoms with Gasteiger partial charge in [-0.3, -0.25) is 14.5 Å². The monoisotopic (exact) mass is 516 g/mol. The summed E-state index contributed by atoms with van der Waals surface area (Å²) in [5, 5.41) is 0.340. The molecule has 0 aliphatic carbocycles. The lowest BCUT2D eigenvalue weighted by molar-refractivity contribution is -0.141. The van der Waals surface area contributed by atoms with Gasteiger partial charge < -0.3 is 4.98 Å². The second kappa shape index (κ2) is 8.33. The zero-order valence-electron chi connectivity index (χ0n) is 16.4. The fraction of sp³-hybridized carbons (Fsp3) is 0.0500. The Morgan fingerprint density at radius 3 is 2.44 bits per heavy atom. The fourth-order valence-corrected chi connectivity index (χ4v) is 4.21. The highest BCUT2D eigenvalue weighted by molar-refractivity contribution is 7.92. The number of aromatic nitrogens is 3. The van der Waals surface area contributed by atoms with Crippen LogP contribution < -0.4 is 4.72 Å². The lowest BCUT2D eigenvalue weighted by atomic mass is 10.0. The first kappa shape index (κ1) is 23.6. The largest absolute Gasteiger partial charge is 0.433 e. The number of anilines is 1. The molecule has 0 saturated carbocycles. The number of aromatic amines is 1. The van der Waals surface area contributed by atoms with Gasteiger partial charge in [-0.25, -0.2) is 22.2 Å². The summed E-state index contributed by atoms with van der Waals surface area (Å²) in [6.45, 7) is 0. The van der Waals surface area contributed by atoms with Crippen molar-refractivity contribution in [1.29, 1.82) is 0 Å². The number of carbonyl (C=O) groups is 1. The molecule has 0 radical (unpaired) electrons. The van der Waals surface area contributed by atoms with Crippen LogP contribution in [0.2, 0.25) is 5.02 Å². The Balaban J connectivity index is 1.71. The minimum Gasteiger partial charge on any atom is -0.345 e. The molecule has 34 heavy (non-hydrogen) atoms. The molecule has 0 amide bonds. The third kappa shape index (κ3) is 4.31. The van der Waals surface area contributed by atoms with E-state index >= 15 is 4.39 Å². The Morgan fingerprint density at radius 2 is 1.79 bits per heavy atom. The molecule has 0 unspecified atom stereocenters. The van der Waals surface area contributed by atoms with Crippen molar-refractivity contribution in [3.8, 4) is 0 Å². The molecule has 3 aromatic heterocycles. The molecule has 0 aliphatic heterocycles. The van der Waals surface area contributed by atoms with Gasteiger partial charge in [-0.05, 0) is 30.3 Å². The van der Waals surface area contributed by atoms with Gasteiger partial charge in [-0.15, -0.1) is 0 Å². The van der Waals surface area contributed by atoms with E-state index in [1.807, 2.05) is 0 Å². The van der Waals surface area contributed by atoms with Crippen molar-refractivity contribution >= 4 is 44.1 Å². The van der Waals surface area contributed by atoms with E-state index in [0.717, 1.165) is 6.07 Å². The number of halogens is 6. The van der Waals surface area contributed by atoms with Gasteiger partial charge in [0.1, 0.15) is 22.1 Å². The molecular formula is C20H10ClF5N4O3S. The van der Waals surface area contributed by atoms with Crippen molar-refractivity contribution in [1.82, 2.24) is 15.0 Å². The number of rotatable bonds is 5. The molecule has 1 aromatic carbocycles. The number of pyridine rings is 2. The zero-order chi connectivity index (χ0) is 24.8. The number of carbonyl (C=O) groups excluding carboxylic acids is 1. The fourth-order valence-electron chi connectivity index (χ4n) is 3.05. The van der Waals surface area contributed by atoms with E-state index in [9.17, 15) is 30.8 Å². The van der Waals surface area contributed by atoms with Crippen LogP contribution in [0.4, 0.5) is 27.6 Å². The van der Waals surface area contributed by atoms with Crippen molar-refractivity contribution in [2.24, 2.45) is 0 Å². The second-order valence-electron chi connectivity index (χ2n) is 6.85. The molecular weight excluding hydrogens is 507 g/mol. The van der Waals surface area contributed by atoms with Gasteiger partial charge in [-0.1, -0.05) is 11.6 Å². The number of fused-ring (bicyclic) bond motifs is 1. The number of nitrogens with zero attached hydrogens (tertiary/aromatic N) is 2. The lowest BCUT2D eigenvalue weighted by Crippen LogP contribution is -2.17. The molecule has 0 saturated heterocycles. The quantitative estimate of drug-likeness (QED) is 0.289. The second-order valence-corrected chi connectivity index (χ2v) is 8.97. The van der Waals surface area contributed by atoms with Gasteiger partial charge in [0.2, 0.25) is 5.78 Å². The summed E-state index contributed by atoms with van der Waals surface area (Å²) in [6, 6.07) is 3.80. The molecule has 14 heteroatoms. The van der Waals surface area contributed by atoms with Gasteiger partial charge >= 0.3 is 6.18 Å². The number of benzene rings is 1. The molecule has 0 spiro atoms. The molecule has 3 heterocycles. The number of H-pyrrole nitrogens is 1. The van der Waals surface area contributed by atoms with Crippen LogP contribution in [0.5, 0.6) is 0 Å². The Kier molecular flexibility index (Phi) is 5.77. The lowest BCUT2D eigenvalue weighted by Gasteiger charge is -2.12. The van der Waals surface area contributed by atoms with Gasteiger partial charge in [-0.2, -0.15) is 13.2 Å². The van der Waals surface area contributed by atoms with Crippen LogP contribution in [-0.4, -0.2) is 29.2 Å². The number of ketones is 1. The minimum absolute atomic E-state index is 0.161. The normalized spacial score (nSPS) is 12.2. The van der Waals surface area contributed by atoms with E-state index in [-0.39, 0.29) is 21.6 Å². The van der Waals surface area contributed by atoms with Crippen LogP contribution in [0.1, 0.15) is 21.6 Å². The van der Waals surface area contributed by atoms with Crippen LogP contribution >= 0.6 is 11.6 Å². The maximum Gasteiger partial charge on any atom is 0.433 e. The SMILES string of the molecule is O=C(c1c(F)ccc(NS(=O)(=O)c2ccc(C(F)(F)F)nc2)c1F)c1c[nH]c2ncc(Cl)cc12. The summed E-state index contributed by atoms with van der Waals surface area (Å²) in [6.07, 6.45) is -1.90. The summed E-state index contributed by atoms with van der Waals surface area (Å²) >= 11 is 5.87. The molecule has 0 atom stereocenters. The van der Waals surface area contributed by atoms with Crippen molar-refractivity contribution in [3.05, 3.63) is 82.4 Å². The first-order chi connectivity index (χ1) is 15.9. The highest BCUT2D eigenvalue weighted by Gasteiger charge is 2.33. The van der Waals surface area contributed by atoms with E-state index in [1.165, 1.54) is 18.5 Å². The maximum absolute atomic E-state index is 15.1. The van der Waals surface area contributed by atoms with E-state index in [2.05, 4.69) is 15.0 Å². The Hall–Kier alpha value is -3.58. The summed E-state index contributed by atoms with van der Waals surface area (Å²) in [5.74, 6) is -3.92. The van der Waals surface area contributed by atoms with Crippen LogP contribution in [0.25, 0.3) is 11.0 Å². The average Bonchev–Trinajstić information content (AvgIpc) is 3.18. The molecule has 0 fully saturated rings. The average molecular weight is 517 g/mol. The zero-order valence-corrected chi connectivity index (χ0v) is 18.0.